The van der Waals surface area contributed by atoms with Crippen molar-refractivity contribution in [1.82, 2.24) is 4.72 Å². The lowest BCUT2D eigenvalue weighted by Crippen LogP contribution is -2.27. The Morgan fingerprint density at radius 2 is 1.83 bits per heavy atom. The Labute approximate surface area is 181 Å². The Balaban J connectivity index is 1.98. The summed E-state index contributed by atoms with van der Waals surface area (Å²) in [5.41, 5.74) is 2.80. The maximum absolute atomic E-state index is 12.3. The summed E-state index contributed by atoms with van der Waals surface area (Å²) >= 11 is 3.47. The number of carbonyl (C=O) groups is 1. The average Bonchev–Trinajstić information content (AvgIpc) is 2.67. The van der Waals surface area contributed by atoms with E-state index < -0.39 is 10.0 Å². The number of rotatable bonds is 9. The Hall–Kier alpha value is -1.90. The number of hydrogen-bond acceptors (Lipinski definition) is 4. The van der Waals surface area contributed by atoms with E-state index in [-0.39, 0.29) is 23.3 Å². The minimum absolute atomic E-state index is 0.160. The summed E-state index contributed by atoms with van der Waals surface area (Å²) in [7, 11) is -3.55. The van der Waals surface area contributed by atoms with E-state index in [2.05, 4.69) is 26.0 Å². The van der Waals surface area contributed by atoms with Crippen molar-refractivity contribution >= 4 is 37.5 Å². The lowest BCUT2D eigenvalue weighted by molar-refractivity contribution is -0.118. The summed E-state index contributed by atoms with van der Waals surface area (Å²) in [6.07, 6.45) is 0.789. The average molecular weight is 483 g/mol. The largest absolute Gasteiger partial charge is 0.484 e. The second-order valence-corrected chi connectivity index (χ2v) is 9.85. The molecular weight excluding hydrogens is 456 g/mol. The van der Waals surface area contributed by atoms with Gasteiger partial charge in [-0.1, -0.05) is 36.7 Å². The highest BCUT2D eigenvalue weighted by molar-refractivity contribution is 9.10. The third-order valence-electron chi connectivity index (χ3n) is 4.21. The molecule has 0 saturated carbocycles. The van der Waals surface area contributed by atoms with Crippen molar-refractivity contribution in [3.63, 3.8) is 0 Å². The lowest BCUT2D eigenvalue weighted by Gasteiger charge is -2.14. The molecule has 1 amide bonds. The van der Waals surface area contributed by atoms with Crippen molar-refractivity contribution in [3.05, 3.63) is 52.0 Å². The molecule has 2 aromatic carbocycles. The van der Waals surface area contributed by atoms with Gasteiger partial charge in [-0.2, -0.15) is 0 Å². The van der Waals surface area contributed by atoms with Crippen LogP contribution in [-0.2, 0) is 21.2 Å². The third-order valence-corrected chi connectivity index (χ3v) is 6.11. The molecule has 0 aromatic heterocycles. The van der Waals surface area contributed by atoms with E-state index in [1.165, 1.54) is 12.1 Å². The molecule has 0 radical (unpaired) electrons. The number of carbonyl (C=O) groups excluding carboxylic acids is 1. The first-order valence-corrected chi connectivity index (χ1v) is 11.7. The van der Waals surface area contributed by atoms with Crippen LogP contribution < -0.4 is 14.8 Å². The SMILES string of the molecule is CCc1cc(Br)cc(C)c1NC(=O)COc1ccc(S(=O)(=O)NCC(C)C)cc1. The predicted octanol–water partition coefficient (Wildman–Crippen LogP) is 4.27. The molecule has 0 saturated heterocycles. The zero-order valence-corrected chi connectivity index (χ0v) is 19.5. The Bertz CT molecular complexity index is 957. The van der Waals surface area contributed by atoms with Gasteiger partial charge < -0.3 is 10.1 Å². The van der Waals surface area contributed by atoms with E-state index in [1.807, 2.05) is 39.8 Å². The van der Waals surface area contributed by atoms with Gasteiger partial charge in [-0.05, 0) is 66.8 Å². The highest BCUT2D eigenvalue weighted by Crippen LogP contribution is 2.26. The Morgan fingerprint density at radius 1 is 1.17 bits per heavy atom. The quantitative estimate of drug-likeness (QED) is 0.558. The molecule has 0 aliphatic heterocycles. The van der Waals surface area contributed by atoms with Gasteiger partial charge in [0.25, 0.3) is 5.91 Å². The molecule has 0 spiro atoms. The molecule has 0 bridgehead atoms. The van der Waals surface area contributed by atoms with Crippen LogP contribution in [0.5, 0.6) is 5.75 Å². The van der Waals surface area contributed by atoms with E-state index in [1.54, 1.807) is 12.1 Å². The van der Waals surface area contributed by atoms with E-state index in [0.29, 0.717) is 12.3 Å². The number of nitrogens with one attached hydrogen (secondary N) is 2. The maximum Gasteiger partial charge on any atom is 0.262 e. The van der Waals surface area contributed by atoms with Crippen LogP contribution in [-0.4, -0.2) is 27.5 Å². The molecule has 0 aliphatic carbocycles. The smallest absolute Gasteiger partial charge is 0.262 e. The van der Waals surface area contributed by atoms with E-state index in [9.17, 15) is 13.2 Å². The van der Waals surface area contributed by atoms with Gasteiger partial charge in [-0.25, -0.2) is 13.1 Å². The van der Waals surface area contributed by atoms with Crippen molar-refractivity contribution in [2.24, 2.45) is 5.92 Å². The van der Waals surface area contributed by atoms with Crippen molar-refractivity contribution in [1.29, 1.82) is 0 Å². The summed E-state index contributed by atoms with van der Waals surface area (Å²) < 4.78 is 33.5. The van der Waals surface area contributed by atoms with Gasteiger partial charge in [0, 0.05) is 16.7 Å². The molecule has 2 rings (SSSR count). The number of amides is 1. The molecule has 2 N–H and O–H groups in total. The summed E-state index contributed by atoms with van der Waals surface area (Å²) in [4.78, 5) is 12.5. The summed E-state index contributed by atoms with van der Waals surface area (Å²) in [5.74, 6) is 0.361. The van der Waals surface area contributed by atoms with Crippen LogP contribution in [0, 0.1) is 12.8 Å². The maximum atomic E-state index is 12.3. The number of sulfonamides is 1. The second kappa shape index (κ2) is 10.2. The number of hydrogen-bond donors (Lipinski definition) is 2. The zero-order chi connectivity index (χ0) is 21.6. The van der Waals surface area contributed by atoms with Crippen molar-refractivity contribution in [2.75, 3.05) is 18.5 Å². The number of anilines is 1. The van der Waals surface area contributed by atoms with Gasteiger partial charge in [-0.3, -0.25) is 4.79 Å². The molecule has 0 heterocycles. The molecule has 29 heavy (non-hydrogen) atoms. The second-order valence-electron chi connectivity index (χ2n) is 7.16. The molecule has 6 nitrogen and oxygen atoms in total. The predicted molar refractivity (Wildman–Crippen MR) is 119 cm³/mol. The van der Waals surface area contributed by atoms with Crippen molar-refractivity contribution in [2.45, 2.75) is 39.0 Å². The number of halogens is 1. The molecule has 0 atom stereocenters. The van der Waals surface area contributed by atoms with Crippen LogP contribution in [0.2, 0.25) is 0 Å². The molecule has 2 aromatic rings. The van der Waals surface area contributed by atoms with Gasteiger partial charge >= 0.3 is 0 Å². The first-order valence-electron chi connectivity index (χ1n) is 9.43. The van der Waals surface area contributed by atoms with Crippen molar-refractivity contribution in [3.8, 4) is 5.75 Å². The monoisotopic (exact) mass is 482 g/mol. The van der Waals surface area contributed by atoms with Gasteiger partial charge in [0.05, 0.1) is 4.90 Å². The first-order chi connectivity index (χ1) is 13.6. The lowest BCUT2D eigenvalue weighted by atomic mass is 10.1. The van der Waals surface area contributed by atoms with E-state index in [0.717, 1.165) is 27.7 Å². The van der Waals surface area contributed by atoms with Gasteiger partial charge in [-0.15, -0.1) is 0 Å². The van der Waals surface area contributed by atoms with E-state index in [4.69, 9.17) is 4.74 Å². The fraction of sp³-hybridized carbons (Fsp3) is 0.381. The van der Waals surface area contributed by atoms with Crippen LogP contribution in [0.1, 0.15) is 31.9 Å². The molecule has 0 unspecified atom stereocenters. The van der Waals surface area contributed by atoms with Gasteiger partial charge in [0.1, 0.15) is 5.75 Å². The summed E-state index contributed by atoms with van der Waals surface area (Å²) in [6, 6.07) is 9.94. The molecule has 158 valence electrons. The minimum atomic E-state index is -3.55. The summed E-state index contributed by atoms with van der Waals surface area (Å²) in [6.45, 7) is 8.03. The van der Waals surface area contributed by atoms with Crippen LogP contribution in [0.3, 0.4) is 0 Å². The first kappa shape index (κ1) is 23.4. The normalized spacial score (nSPS) is 11.5. The molecule has 0 aliphatic rings. The van der Waals surface area contributed by atoms with Crippen LogP contribution >= 0.6 is 15.9 Å². The number of aryl methyl sites for hydroxylation is 2. The highest BCUT2D eigenvalue weighted by Gasteiger charge is 2.15. The Kier molecular flexibility index (Phi) is 8.24. The fourth-order valence-corrected chi connectivity index (χ4v) is 4.50. The third kappa shape index (κ3) is 6.83. The summed E-state index contributed by atoms with van der Waals surface area (Å²) in [5, 5.41) is 2.90. The van der Waals surface area contributed by atoms with Crippen LogP contribution in [0.4, 0.5) is 5.69 Å². The number of ether oxygens (including phenoxy) is 1. The zero-order valence-electron chi connectivity index (χ0n) is 17.1. The van der Waals surface area contributed by atoms with Gasteiger partial charge in [0.2, 0.25) is 10.0 Å². The van der Waals surface area contributed by atoms with Crippen LogP contribution in [0.25, 0.3) is 0 Å². The topological polar surface area (TPSA) is 84.5 Å². The standard InChI is InChI=1S/C21H27BrN2O4S/c1-5-16-11-17(22)10-15(4)21(16)24-20(25)13-28-18-6-8-19(9-7-18)29(26,27)23-12-14(2)3/h6-11,14,23H,5,12-13H2,1-4H3,(H,24,25). The molecule has 8 heteroatoms. The van der Waals surface area contributed by atoms with Crippen LogP contribution in [0.15, 0.2) is 45.8 Å². The number of benzene rings is 2. The van der Waals surface area contributed by atoms with Crippen molar-refractivity contribution < 1.29 is 17.9 Å². The Morgan fingerprint density at radius 3 is 2.41 bits per heavy atom. The fourth-order valence-electron chi connectivity index (χ4n) is 2.67. The highest BCUT2D eigenvalue weighted by atomic mass is 79.9. The van der Waals surface area contributed by atoms with E-state index >= 15 is 0 Å². The minimum Gasteiger partial charge on any atom is -0.484 e. The molecular formula is C21H27BrN2O4S. The molecule has 0 fully saturated rings. The van der Waals surface area contributed by atoms with Gasteiger partial charge in [0.15, 0.2) is 6.61 Å².